The fourth-order valence-electron chi connectivity index (χ4n) is 4.17. The van der Waals surface area contributed by atoms with Crippen molar-refractivity contribution in [1.82, 2.24) is 15.0 Å². The van der Waals surface area contributed by atoms with Crippen LogP contribution in [-0.4, -0.2) is 33.9 Å². The van der Waals surface area contributed by atoms with E-state index in [2.05, 4.69) is 62.2 Å². The minimum Gasteiger partial charge on any atom is -0.438 e. The number of benzene rings is 2. The number of aromatic amines is 1. The molecule has 0 bridgehead atoms. The van der Waals surface area contributed by atoms with Crippen molar-refractivity contribution in [2.45, 2.75) is 19.8 Å². The molecule has 5 rings (SSSR count). The maximum Gasteiger partial charge on any atom is 0.247 e. The number of carbonyl (C=O) groups is 1. The Bertz CT molecular complexity index is 1360. The molecule has 0 unspecified atom stereocenters. The van der Waals surface area contributed by atoms with Gasteiger partial charge in [0.1, 0.15) is 11.4 Å². The van der Waals surface area contributed by atoms with E-state index in [1.807, 2.05) is 6.07 Å². The first-order valence-electron chi connectivity index (χ1n) is 11.3. The lowest BCUT2D eigenvalue weighted by Crippen LogP contribution is -2.20. The first-order valence-corrected chi connectivity index (χ1v) is 11.3. The number of hydrogen-bond acceptors (Lipinski definition) is 6. The van der Waals surface area contributed by atoms with Crippen molar-refractivity contribution in [3.8, 4) is 11.6 Å². The molecule has 1 aliphatic heterocycles. The zero-order valence-electron chi connectivity index (χ0n) is 19.0. The molecule has 34 heavy (non-hydrogen) atoms. The lowest BCUT2D eigenvalue weighted by molar-refractivity contribution is -0.111. The summed E-state index contributed by atoms with van der Waals surface area (Å²) in [7, 11) is 0. The number of ether oxygens (including phenoxy) is 1. The highest BCUT2D eigenvalue weighted by Gasteiger charge is 2.19. The largest absolute Gasteiger partial charge is 0.438 e. The van der Waals surface area contributed by atoms with E-state index >= 15 is 0 Å². The van der Waals surface area contributed by atoms with Crippen molar-refractivity contribution in [3.05, 3.63) is 72.9 Å². The molecule has 0 aliphatic carbocycles. The number of nitrogens with zero attached hydrogens (tertiary/aromatic N) is 3. The first kappa shape index (κ1) is 21.5. The molecule has 172 valence electrons. The number of rotatable bonds is 8. The van der Waals surface area contributed by atoms with Crippen LogP contribution < -0.4 is 20.3 Å². The van der Waals surface area contributed by atoms with Gasteiger partial charge in [-0.05, 0) is 60.9 Å². The third kappa shape index (κ3) is 4.43. The maximum atomic E-state index is 11.6. The molecule has 0 fully saturated rings. The van der Waals surface area contributed by atoms with Crippen LogP contribution in [0.25, 0.3) is 11.0 Å². The van der Waals surface area contributed by atoms with Gasteiger partial charge in [0.2, 0.25) is 17.7 Å². The number of amides is 1. The van der Waals surface area contributed by atoms with E-state index in [1.165, 1.54) is 17.3 Å². The van der Waals surface area contributed by atoms with E-state index in [9.17, 15) is 4.79 Å². The van der Waals surface area contributed by atoms with Crippen LogP contribution in [0.2, 0.25) is 0 Å². The van der Waals surface area contributed by atoms with Crippen LogP contribution in [0, 0.1) is 0 Å². The van der Waals surface area contributed by atoms with Crippen LogP contribution in [0.5, 0.6) is 11.6 Å². The minimum atomic E-state index is -0.286. The smallest absolute Gasteiger partial charge is 0.247 e. The third-order valence-electron chi connectivity index (χ3n) is 5.70. The molecule has 8 nitrogen and oxygen atoms in total. The second kappa shape index (κ2) is 9.27. The number of nitrogens with one attached hydrogen (secondary N) is 3. The summed E-state index contributed by atoms with van der Waals surface area (Å²) in [5.74, 6) is 1.11. The van der Waals surface area contributed by atoms with Gasteiger partial charge in [-0.2, -0.15) is 9.97 Å². The fourth-order valence-corrected chi connectivity index (χ4v) is 4.17. The first-order chi connectivity index (χ1) is 16.6. The van der Waals surface area contributed by atoms with Gasteiger partial charge in [-0.1, -0.05) is 19.6 Å². The summed E-state index contributed by atoms with van der Waals surface area (Å²) in [6.07, 6.45) is 5.19. The fraction of sp³-hybridized carbons (Fsp3) is 0.192. The topological polar surface area (TPSA) is 95.2 Å². The summed E-state index contributed by atoms with van der Waals surface area (Å²) in [5, 5.41) is 6.82. The Kier molecular flexibility index (Phi) is 5.86. The van der Waals surface area contributed by atoms with Crippen LogP contribution in [0.3, 0.4) is 0 Å². The summed E-state index contributed by atoms with van der Waals surface area (Å²) in [4.78, 5) is 26.4. The summed E-state index contributed by atoms with van der Waals surface area (Å²) < 4.78 is 6.10. The third-order valence-corrected chi connectivity index (χ3v) is 5.70. The zero-order valence-corrected chi connectivity index (χ0v) is 19.0. The quantitative estimate of drug-likeness (QED) is 0.309. The molecule has 3 N–H and O–H groups in total. The number of hydrogen-bond donors (Lipinski definition) is 3. The molecule has 1 aliphatic rings. The molecule has 4 aromatic rings. The van der Waals surface area contributed by atoms with Crippen LogP contribution in [0.4, 0.5) is 23.0 Å². The van der Waals surface area contributed by atoms with E-state index < -0.39 is 0 Å². The van der Waals surface area contributed by atoms with Gasteiger partial charge in [-0.15, -0.1) is 0 Å². The summed E-state index contributed by atoms with van der Waals surface area (Å²) in [6, 6.07) is 15.4. The van der Waals surface area contributed by atoms with Crippen molar-refractivity contribution >= 4 is 40.0 Å². The van der Waals surface area contributed by atoms with Gasteiger partial charge in [0, 0.05) is 42.4 Å². The molecular formula is C26H26N6O2. The molecule has 0 saturated carbocycles. The predicted molar refractivity (Wildman–Crippen MR) is 135 cm³/mol. The van der Waals surface area contributed by atoms with Gasteiger partial charge in [-0.25, -0.2) is 0 Å². The highest BCUT2D eigenvalue weighted by Crippen LogP contribution is 2.33. The van der Waals surface area contributed by atoms with Crippen LogP contribution in [0.15, 0.2) is 67.4 Å². The van der Waals surface area contributed by atoms with Crippen LogP contribution in [0.1, 0.15) is 18.9 Å². The lowest BCUT2D eigenvalue weighted by atomic mass is 10.1. The average molecular weight is 455 g/mol. The average Bonchev–Trinajstić information content (AvgIpc) is 3.47. The van der Waals surface area contributed by atoms with Crippen molar-refractivity contribution in [3.63, 3.8) is 0 Å². The van der Waals surface area contributed by atoms with Gasteiger partial charge in [0.15, 0.2) is 0 Å². The van der Waals surface area contributed by atoms with E-state index in [4.69, 9.17) is 4.74 Å². The number of H-pyrrole nitrogens is 1. The second-order valence-electron chi connectivity index (χ2n) is 8.12. The van der Waals surface area contributed by atoms with E-state index in [0.29, 0.717) is 28.9 Å². The molecule has 0 saturated heterocycles. The maximum absolute atomic E-state index is 11.6. The Balaban J connectivity index is 1.40. The van der Waals surface area contributed by atoms with Gasteiger partial charge in [-0.3, -0.25) is 4.79 Å². The summed E-state index contributed by atoms with van der Waals surface area (Å²) in [5.41, 5.74) is 4.84. The molecule has 0 spiro atoms. The Labute approximate surface area is 197 Å². The van der Waals surface area contributed by atoms with E-state index in [0.717, 1.165) is 37.0 Å². The second-order valence-corrected chi connectivity index (χ2v) is 8.12. The van der Waals surface area contributed by atoms with Gasteiger partial charge in [0.25, 0.3) is 0 Å². The number of fused-ring (bicyclic) bond motifs is 2. The predicted octanol–water partition coefficient (Wildman–Crippen LogP) is 5.39. The molecule has 1 amide bonds. The highest BCUT2D eigenvalue weighted by atomic mass is 16.5. The number of anilines is 4. The SMILES string of the molecule is C=CC(=O)Nc1cccc(Oc2nc(Nc3ccc4c(c3)CCN4CCC)nc3[nH]ccc23)c1. The highest BCUT2D eigenvalue weighted by molar-refractivity contribution is 5.99. The van der Waals surface area contributed by atoms with Crippen LogP contribution in [-0.2, 0) is 11.2 Å². The monoisotopic (exact) mass is 454 g/mol. The molecule has 2 aromatic carbocycles. The van der Waals surface area contributed by atoms with Crippen molar-refractivity contribution in [2.24, 2.45) is 0 Å². The molecule has 0 radical (unpaired) electrons. The molecular weight excluding hydrogens is 428 g/mol. The van der Waals surface area contributed by atoms with Crippen LogP contribution >= 0.6 is 0 Å². The van der Waals surface area contributed by atoms with Gasteiger partial charge < -0.3 is 25.3 Å². The molecule has 0 atom stereocenters. The molecule has 2 aromatic heterocycles. The van der Waals surface area contributed by atoms with Crippen molar-refractivity contribution in [2.75, 3.05) is 28.6 Å². The number of carbonyl (C=O) groups excluding carboxylic acids is 1. The Morgan fingerprint density at radius 1 is 1.21 bits per heavy atom. The normalized spacial score (nSPS) is 12.4. The Morgan fingerprint density at radius 2 is 2.12 bits per heavy atom. The summed E-state index contributed by atoms with van der Waals surface area (Å²) >= 11 is 0. The van der Waals surface area contributed by atoms with Gasteiger partial charge >= 0.3 is 0 Å². The molecule has 8 heteroatoms. The zero-order chi connectivity index (χ0) is 23.5. The van der Waals surface area contributed by atoms with E-state index in [1.54, 1.807) is 30.5 Å². The minimum absolute atomic E-state index is 0.286. The summed E-state index contributed by atoms with van der Waals surface area (Å²) in [6.45, 7) is 7.81. The standard InChI is InChI=1S/C26H26N6O2/c1-3-13-32-14-11-17-15-19(8-9-22(17)32)29-26-30-24-21(10-12-27-24)25(31-26)34-20-7-5-6-18(16-20)28-23(33)4-2/h4-10,12,15-16H,2-3,11,13-14H2,1H3,(H,28,33)(H2,27,29,30,31). The Hall–Kier alpha value is -4.33. The van der Waals surface area contributed by atoms with E-state index in [-0.39, 0.29) is 5.91 Å². The number of aromatic nitrogens is 3. The van der Waals surface area contributed by atoms with Crippen molar-refractivity contribution in [1.29, 1.82) is 0 Å². The van der Waals surface area contributed by atoms with Crippen molar-refractivity contribution < 1.29 is 9.53 Å². The Morgan fingerprint density at radius 3 is 2.97 bits per heavy atom. The van der Waals surface area contributed by atoms with Gasteiger partial charge in [0.05, 0.1) is 5.39 Å². The lowest BCUT2D eigenvalue weighted by Gasteiger charge is -2.18. The molecule has 3 heterocycles.